The van der Waals surface area contributed by atoms with Crippen LogP contribution in [0.15, 0.2) is 24.4 Å². The quantitative estimate of drug-likeness (QED) is 0.832. The summed E-state index contributed by atoms with van der Waals surface area (Å²) in [6.07, 6.45) is 5.39. The number of rotatable bonds is 3. The smallest absolute Gasteiger partial charge is 0.240 e. The van der Waals surface area contributed by atoms with Crippen molar-refractivity contribution in [1.29, 1.82) is 0 Å². The Morgan fingerprint density at radius 3 is 2.76 bits per heavy atom. The number of amides is 1. The molecule has 1 aromatic rings. The molecule has 1 aliphatic carbocycles. The lowest BCUT2D eigenvalue weighted by Gasteiger charge is -2.24. The Morgan fingerprint density at radius 2 is 2.18 bits per heavy atom. The van der Waals surface area contributed by atoms with Crippen LogP contribution in [0.2, 0.25) is 0 Å². The molecular weight excluding hydrogens is 214 g/mol. The molecule has 1 atom stereocenters. The SMILES string of the molecule is C[C@@H](NC(=O)C1(N)CCCC1)c1ccccn1. The Hall–Kier alpha value is -1.42. The second-order valence-corrected chi connectivity index (χ2v) is 4.81. The molecule has 0 spiro atoms. The van der Waals surface area contributed by atoms with Crippen LogP contribution in [0.4, 0.5) is 0 Å². The van der Waals surface area contributed by atoms with E-state index in [0.717, 1.165) is 31.4 Å². The molecule has 1 amide bonds. The fraction of sp³-hybridized carbons (Fsp3) is 0.538. The molecule has 0 bridgehead atoms. The van der Waals surface area contributed by atoms with Gasteiger partial charge in [0, 0.05) is 6.20 Å². The molecule has 3 N–H and O–H groups in total. The van der Waals surface area contributed by atoms with Crippen LogP contribution in [0.5, 0.6) is 0 Å². The van der Waals surface area contributed by atoms with Crippen molar-refractivity contribution in [3.8, 4) is 0 Å². The van der Waals surface area contributed by atoms with Crippen LogP contribution < -0.4 is 11.1 Å². The van der Waals surface area contributed by atoms with Crippen LogP contribution in [0.1, 0.15) is 44.3 Å². The van der Waals surface area contributed by atoms with Crippen LogP contribution in [0, 0.1) is 0 Å². The van der Waals surface area contributed by atoms with E-state index in [1.165, 1.54) is 0 Å². The molecule has 0 radical (unpaired) electrons. The topological polar surface area (TPSA) is 68.0 Å². The van der Waals surface area contributed by atoms with E-state index >= 15 is 0 Å². The summed E-state index contributed by atoms with van der Waals surface area (Å²) in [4.78, 5) is 16.3. The molecular formula is C13H19N3O. The lowest BCUT2D eigenvalue weighted by molar-refractivity contribution is -0.126. The molecule has 0 saturated heterocycles. The van der Waals surface area contributed by atoms with E-state index in [4.69, 9.17) is 5.73 Å². The maximum atomic E-state index is 12.1. The largest absolute Gasteiger partial charge is 0.346 e. The normalized spacial score (nSPS) is 19.9. The highest BCUT2D eigenvalue weighted by atomic mass is 16.2. The Morgan fingerprint density at radius 1 is 1.47 bits per heavy atom. The molecule has 17 heavy (non-hydrogen) atoms. The second-order valence-electron chi connectivity index (χ2n) is 4.81. The van der Waals surface area contributed by atoms with E-state index in [1.807, 2.05) is 25.1 Å². The third-order valence-corrected chi connectivity index (χ3v) is 3.43. The van der Waals surface area contributed by atoms with E-state index in [2.05, 4.69) is 10.3 Å². The lowest BCUT2D eigenvalue weighted by Crippen LogP contribution is -2.52. The van der Waals surface area contributed by atoms with Crippen LogP contribution in [0.25, 0.3) is 0 Å². The number of nitrogens with one attached hydrogen (secondary N) is 1. The molecule has 4 nitrogen and oxygen atoms in total. The fourth-order valence-electron chi connectivity index (χ4n) is 2.28. The van der Waals surface area contributed by atoms with Gasteiger partial charge < -0.3 is 11.1 Å². The van der Waals surface area contributed by atoms with Gasteiger partial charge in [-0.1, -0.05) is 18.9 Å². The minimum absolute atomic E-state index is 0.0480. The van der Waals surface area contributed by atoms with Gasteiger partial charge in [0.25, 0.3) is 0 Å². The van der Waals surface area contributed by atoms with Crippen molar-refractivity contribution in [2.75, 3.05) is 0 Å². The minimum Gasteiger partial charge on any atom is -0.346 e. The molecule has 1 aromatic heterocycles. The van der Waals surface area contributed by atoms with E-state index in [0.29, 0.717) is 0 Å². The molecule has 1 heterocycles. The molecule has 2 rings (SSSR count). The molecule has 1 fully saturated rings. The number of carbonyl (C=O) groups is 1. The zero-order valence-corrected chi connectivity index (χ0v) is 10.1. The molecule has 4 heteroatoms. The summed E-state index contributed by atoms with van der Waals surface area (Å²) in [5.41, 5.74) is 6.30. The van der Waals surface area contributed by atoms with Gasteiger partial charge in [-0.25, -0.2) is 0 Å². The number of nitrogens with zero attached hydrogens (tertiary/aromatic N) is 1. The van der Waals surface area contributed by atoms with Crippen molar-refractivity contribution in [1.82, 2.24) is 10.3 Å². The Labute approximate surface area is 102 Å². The maximum Gasteiger partial charge on any atom is 0.240 e. The zero-order valence-electron chi connectivity index (χ0n) is 10.1. The Bertz CT molecular complexity index is 385. The summed E-state index contributed by atoms with van der Waals surface area (Å²) in [5, 5.41) is 2.95. The first-order valence-electron chi connectivity index (χ1n) is 6.13. The van der Waals surface area contributed by atoms with Gasteiger partial charge in [0.1, 0.15) is 0 Å². The number of pyridine rings is 1. The van der Waals surface area contributed by atoms with Crippen molar-refractivity contribution in [2.24, 2.45) is 5.73 Å². The van der Waals surface area contributed by atoms with E-state index in [9.17, 15) is 4.79 Å². The summed E-state index contributed by atoms with van der Waals surface area (Å²) in [5.74, 6) is -0.0480. The monoisotopic (exact) mass is 233 g/mol. The van der Waals surface area contributed by atoms with Crippen molar-refractivity contribution in [2.45, 2.75) is 44.2 Å². The molecule has 92 valence electrons. The van der Waals surface area contributed by atoms with Crippen LogP contribution in [0.3, 0.4) is 0 Å². The first kappa shape index (κ1) is 12.0. The van der Waals surface area contributed by atoms with Crippen molar-refractivity contribution in [3.63, 3.8) is 0 Å². The average molecular weight is 233 g/mol. The average Bonchev–Trinajstić information content (AvgIpc) is 2.78. The van der Waals surface area contributed by atoms with E-state index in [1.54, 1.807) is 6.20 Å². The Balaban J connectivity index is 1.99. The minimum atomic E-state index is -0.664. The molecule has 0 aromatic carbocycles. The fourth-order valence-corrected chi connectivity index (χ4v) is 2.28. The van der Waals surface area contributed by atoms with Gasteiger partial charge in [0.15, 0.2) is 0 Å². The predicted molar refractivity (Wildman–Crippen MR) is 66.2 cm³/mol. The number of hydrogen-bond donors (Lipinski definition) is 2. The van der Waals surface area contributed by atoms with Gasteiger partial charge >= 0.3 is 0 Å². The zero-order chi connectivity index (χ0) is 12.3. The second kappa shape index (κ2) is 4.84. The summed E-state index contributed by atoms with van der Waals surface area (Å²) in [6.45, 7) is 1.93. The summed E-state index contributed by atoms with van der Waals surface area (Å²) in [6, 6.07) is 5.59. The van der Waals surface area contributed by atoms with Gasteiger partial charge in [-0.3, -0.25) is 9.78 Å². The molecule has 1 aliphatic rings. The first-order chi connectivity index (χ1) is 8.12. The highest BCUT2D eigenvalue weighted by molar-refractivity contribution is 5.86. The van der Waals surface area contributed by atoms with Gasteiger partial charge in [0.2, 0.25) is 5.91 Å². The van der Waals surface area contributed by atoms with Crippen LogP contribution in [-0.4, -0.2) is 16.4 Å². The third kappa shape index (κ3) is 2.64. The van der Waals surface area contributed by atoms with Gasteiger partial charge in [-0.2, -0.15) is 0 Å². The first-order valence-corrected chi connectivity index (χ1v) is 6.13. The number of nitrogens with two attached hydrogens (primary N) is 1. The molecule has 0 aliphatic heterocycles. The standard InChI is InChI=1S/C13H19N3O/c1-10(11-6-2-5-9-15-11)16-12(17)13(14)7-3-4-8-13/h2,5-6,9-10H,3-4,7-8,14H2,1H3,(H,16,17)/t10-/m1/s1. The maximum absolute atomic E-state index is 12.1. The number of carbonyl (C=O) groups excluding carboxylic acids is 1. The lowest BCUT2D eigenvalue weighted by atomic mass is 9.97. The van der Waals surface area contributed by atoms with Gasteiger partial charge in [0.05, 0.1) is 17.3 Å². The number of aromatic nitrogens is 1. The summed E-state index contributed by atoms with van der Waals surface area (Å²) in [7, 11) is 0. The van der Waals surface area contributed by atoms with E-state index < -0.39 is 5.54 Å². The van der Waals surface area contributed by atoms with Crippen molar-refractivity contribution in [3.05, 3.63) is 30.1 Å². The van der Waals surface area contributed by atoms with Crippen molar-refractivity contribution >= 4 is 5.91 Å². The number of hydrogen-bond acceptors (Lipinski definition) is 3. The van der Waals surface area contributed by atoms with E-state index in [-0.39, 0.29) is 11.9 Å². The summed E-state index contributed by atoms with van der Waals surface area (Å²) < 4.78 is 0. The third-order valence-electron chi connectivity index (χ3n) is 3.43. The van der Waals surface area contributed by atoms with Gasteiger partial charge in [-0.05, 0) is 31.9 Å². The molecule has 0 unspecified atom stereocenters. The Kier molecular flexibility index (Phi) is 3.43. The molecule has 1 saturated carbocycles. The highest BCUT2D eigenvalue weighted by Crippen LogP contribution is 2.27. The van der Waals surface area contributed by atoms with Crippen molar-refractivity contribution < 1.29 is 4.79 Å². The van der Waals surface area contributed by atoms with Crippen LogP contribution in [-0.2, 0) is 4.79 Å². The predicted octanol–water partition coefficient (Wildman–Crippen LogP) is 1.53. The van der Waals surface area contributed by atoms with Crippen LogP contribution >= 0.6 is 0 Å². The van der Waals surface area contributed by atoms with Gasteiger partial charge in [-0.15, -0.1) is 0 Å². The highest BCUT2D eigenvalue weighted by Gasteiger charge is 2.37. The summed E-state index contributed by atoms with van der Waals surface area (Å²) >= 11 is 0.